The number of benzene rings is 1. The molecule has 94 valence electrons. The van der Waals surface area contributed by atoms with Gasteiger partial charge >= 0.3 is 0 Å². The number of rotatable bonds is 3. The Kier molecular flexibility index (Phi) is 4.23. The summed E-state index contributed by atoms with van der Waals surface area (Å²) in [5, 5.41) is 13.9. The monoisotopic (exact) mass is 297 g/mol. The van der Waals surface area contributed by atoms with Gasteiger partial charge in [-0.05, 0) is 50.4 Å². The van der Waals surface area contributed by atoms with Crippen LogP contribution in [0.15, 0.2) is 28.7 Å². The van der Waals surface area contributed by atoms with Gasteiger partial charge in [0.25, 0.3) is 0 Å². The summed E-state index contributed by atoms with van der Waals surface area (Å²) in [6, 6.07) is 8.84. The van der Waals surface area contributed by atoms with E-state index in [9.17, 15) is 5.11 Å². The Morgan fingerprint density at radius 2 is 1.88 bits per heavy atom. The lowest BCUT2D eigenvalue weighted by molar-refractivity contribution is -0.00242. The third kappa shape index (κ3) is 3.54. The van der Waals surface area contributed by atoms with Gasteiger partial charge in [-0.3, -0.25) is 0 Å². The molecule has 0 amide bonds. The first-order chi connectivity index (χ1) is 8.11. The number of hydrogen-bond donors (Lipinski definition) is 2. The van der Waals surface area contributed by atoms with E-state index in [1.54, 1.807) is 0 Å². The summed E-state index contributed by atoms with van der Waals surface area (Å²) in [6.07, 6.45) is 4.72. The summed E-state index contributed by atoms with van der Waals surface area (Å²) in [5.41, 5.74) is 0.722. The highest BCUT2D eigenvalue weighted by molar-refractivity contribution is 9.10. The first-order valence-corrected chi connectivity index (χ1v) is 7.05. The van der Waals surface area contributed by atoms with E-state index in [-0.39, 0.29) is 0 Å². The van der Waals surface area contributed by atoms with Crippen molar-refractivity contribution in [1.29, 1.82) is 0 Å². The normalized spacial score (nSPS) is 29.2. The van der Waals surface area contributed by atoms with Gasteiger partial charge < -0.3 is 10.4 Å². The maximum absolute atomic E-state index is 10.6. The van der Waals surface area contributed by atoms with Gasteiger partial charge in [0.1, 0.15) is 0 Å². The van der Waals surface area contributed by atoms with Crippen LogP contribution >= 0.6 is 15.9 Å². The fourth-order valence-corrected chi connectivity index (χ4v) is 2.87. The second-order valence-corrected chi connectivity index (χ2v) is 6.01. The van der Waals surface area contributed by atoms with Crippen LogP contribution in [0.25, 0.3) is 0 Å². The molecule has 2 rings (SSSR count). The Bertz CT molecular complexity index is 355. The van der Waals surface area contributed by atoms with E-state index in [4.69, 9.17) is 0 Å². The minimum Gasteiger partial charge on any atom is -0.390 e. The Balaban J connectivity index is 1.96. The van der Waals surface area contributed by atoms with Crippen LogP contribution in [0.4, 0.5) is 0 Å². The topological polar surface area (TPSA) is 32.3 Å². The molecule has 1 aliphatic carbocycles. The summed E-state index contributed by atoms with van der Waals surface area (Å²) in [4.78, 5) is 0. The van der Waals surface area contributed by atoms with Gasteiger partial charge in [-0.1, -0.05) is 28.1 Å². The van der Waals surface area contributed by atoms with Crippen LogP contribution in [0.5, 0.6) is 0 Å². The second kappa shape index (κ2) is 5.51. The first kappa shape index (κ1) is 13.1. The van der Waals surface area contributed by atoms with Crippen molar-refractivity contribution in [3.8, 4) is 0 Å². The molecule has 1 fully saturated rings. The molecule has 17 heavy (non-hydrogen) atoms. The van der Waals surface area contributed by atoms with Gasteiger partial charge in [-0.15, -0.1) is 0 Å². The van der Waals surface area contributed by atoms with Crippen LogP contribution in [-0.2, 0) is 6.42 Å². The molecule has 1 saturated carbocycles. The maximum atomic E-state index is 10.6. The summed E-state index contributed by atoms with van der Waals surface area (Å²) in [5.74, 6) is 0. The molecule has 1 aliphatic rings. The van der Waals surface area contributed by atoms with E-state index in [1.165, 1.54) is 5.56 Å². The smallest absolute Gasteiger partial charge is 0.0689 e. The number of aliphatic hydroxyl groups is 1. The second-order valence-electron chi connectivity index (χ2n) is 5.09. The van der Waals surface area contributed by atoms with Crippen molar-refractivity contribution in [2.75, 3.05) is 7.05 Å². The van der Waals surface area contributed by atoms with E-state index in [0.717, 1.165) is 36.6 Å². The quantitative estimate of drug-likeness (QED) is 0.899. The minimum absolute atomic E-state index is 0.499. The van der Waals surface area contributed by atoms with Crippen molar-refractivity contribution in [2.45, 2.75) is 43.7 Å². The van der Waals surface area contributed by atoms with Gasteiger partial charge in [0.05, 0.1) is 5.60 Å². The summed E-state index contributed by atoms with van der Waals surface area (Å²) < 4.78 is 1.09. The zero-order valence-corrected chi connectivity index (χ0v) is 11.8. The molecule has 2 N–H and O–H groups in total. The molecule has 0 radical (unpaired) electrons. The van der Waals surface area contributed by atoms with Crippen molar-refractivity contribution >= 4 is 15.9 Å². The fourth-order valence-electron chi connectivity index (χ4n) is 2.60. The van der Waals surface area contributed by atoms with Crippen LogP contribution < -0.4 is 5.32 Å². The van der Waals surface area contributed by atoms with Gasteiger partial charge in [-0.25, -0.2) is 0 Å². The zero-order chi connectivity index (χ0) is 12.3. The number of halogens is 1. The van der Waals surface area contributed by atoms with E-state index in [0.29, 0.717) is 6.04 Å². The van der Waals surface area contributed by atoms with Crippen molar-refractivity contribution < 1.29 is 5.11 Å². The molecule has 3 heteroatoms. The third-order valence-electron chi connectivity index (χ3n) is 3.77. The fraction of sp³-hybridized carbons (Fsp3) is 0.571. The number of hydrogen-bond acceptors (Lipinski definition) is 2. The molecule has 0 atom stereocenters. The number of nitrogens with one attached hydrogen (secondary N) is 1. The average Bonchev–Trinajstić information content (AvgIpc) is 2.33. The van der Waals surface area contributed by atoms with Gasteiger partial charge in [0.2, 0.25) is 0 Å². The summed E-state index contributed by atoms with van der Waals surface area (Å²) in [7, 11) is 2.00. The molecule has 0 aromatic heterocycles. The van der Waals surface area contributed by atoms with Gasteiger partial charge in [-0.2, -0.15) is 0 Å². The van der Waals surface area contributed by atoms with Crippen molar-refractivity contribution in [1.82, 2.24) is 5.32 Å². The van der Waals surface area contributed by atoms with Crippen LogP contribution in [0.2, 0.25) is 0 Å². The van der Waals surface area contributed by atoms with E-state index in [1.807, 2.05) is 19.2 Å². The summed E-state index contributed by atoms with van der Waals surface area (Å²) in [6.45, 7) is 0. The Morgan fingerprint density at radius 1 is 1.29 bits per heavy atom. The molecule has 0 heterocycles. The molecule has 0 saturated heterocycles. The van der Waals surface area contributed by atoms with Gasteiger partial charge in [0.15, 0.2) is 0 Å². The molecule has 0 spiro atoms. The SMILES string of the molecule is CNC1CCC(O)(Cc2ccc(Br)cc2)CC1. The van der Waals surface area contributed by atoms with Gasteiger partial charge in [0, 0.05) is 16.9 Å². The van der Waals surface area contributed by atoms with E-state index >= 15 is 0 Å². The Morgan fingerprint density at radius 3 is 2.41 bits per heavy atom. The Labute approximate surface area is 112 Å². The van der Waals surface area contributed by atoms with Crippen LogP contribution in [0.3, 0.4) is 0 Å². The molecule has 1 aromatic carbocycles. The largest absolute Gasteiger partial charge is 0.390 e. The van der Waals surface area contributed by atoms with Crippen LogP contribution in [-0.4, -0.2) is 23.8 Å². The Hall–Kier alpha value is -0.380. The molecule has 0 aliphatic heterocycles. The highest BCUT2D eigenvalue weighted by Crippen LogP contribution is 2.31. The molecular formula is C14H20BrNO. The molecule has 1 aromatic rings. The lowest BCUT2D eigenvalue weighted by Gasteiger charge is -2.36. The van der Waals surface area contributed by atoms with Crippen molar-refractivity contribution in [3.63, 3.8) is 0 Å². The predicted molar refractivity (Wildman–Crippen MR) is 74.1 cm³/mol. The highest BCUT2D eigenvalue weighted by atomic mass is 79.9. The summed E-state index contributed by atoms with van der Waals surface area (Å²) >= 11 is 3.43. The first-order valence-electron chi connectivity index (χ1n) is 6.25. The lowest BCUT2D eigenvalue weighted by Crippen LogP contribution is -2.41. The maximum Gasteiger partial charge on any atom is 0.0689 e. The molecule has 0 bridgehead atoms. The van der Waals surface area contributed by atoms with E-state index in [2.05, 4.69) is 33.4 Å². The minimum atomic E-state index is -0.499. The zero-order valence-electron chi connectivity index (χ0n) is 10.2. The van der Waals surface area contributed by atoms with Crippen molar-refractivity contribution in [3.05, 3.63) is 34.3 Å². The average molecular weight is 298 g/mol. The van der Waals surface area contributed by atoms with Crippen molar-refractivity contribution in [2.24, 2.45) is 0 Å². The highest BCUT2D eigenvalue weighted by Gasteiger charge is 2.32. The van der Waals surface area contributed by atoms with Crippen LogP contribution in [0.1, 0.15) is 31.2 Å². The van der Waals surface area contributed by atoms with E-state index < -0.39 is 5.60 Å². The molecule has 0 unspecified atom stereocenters. The predicted octanol–water partition coefficient (Wildman–Crippen LogP) is 2.88. The lowest BCUT2D eigenvalue weighted by atomic mass is 9.78. The molecule has 2 nitrogen and oxygen atoms in total. The standard InChI is InChI=1S/C14H20BrNO/c1-16-13-6-8-14(17,9-7-13)10-11-2-4-12(15)5-3-11/h2-5,13,16-17H,6-10H2,1H3. The molecular weight excluding hydrogens is 278 g/mol. The third-order valence-corrected chi connectivity index (χ3v) is 4.30. The van der Waals surface area contributed by atoms with Crippen LogP contribution in [0, 0.1) is 0 Å².